The number of hydrogen-bond donors (Lipinski definition) is 1. The summed E-state index contributed by atoms with van der Waals surface area (Å²) in [5.41, 5.74) is 2.34. The predicted octanol–water partition coefficient (Wildman–Crippen LogP) is 3.73. The Morgan fingerprint density at radius 1 is 1.00 bits per heavy atom. The van der Waals surface area contributed by atoms with Crippen molar-refractivity contribution in [1.82, 2.24) is 5.32 Å². The topological polar surface area (TPSA) is 83.1 Å². The van der Waals surface area contributed by atoms with Crippen molar-refractivity contribution in [2.24, 2.45) is 0 Å². The van der Waals surface area contributed by atoms with Crippen molar-refractivity contribution in [2.75, 3.05) is 33.5 Å². The molecule has 31 heavy (non-hydrogen) atoms. The average molecular weight is 425 g/mol. The Hall–Kier alpha value is -3.32. The van der Waals surface area contributed by atoms with E-state index < -0.39 is 12.1 Å². The first-order chi connectivity index (χ1) is 15.0. The molecule has 3 rings (SSSR count). The minimum Gasteiger partial charge on any atom is -0.496 e. The Labute approximate surface area is 181 Å². The van der Waals surface area contributed by atoms with E-state index in [1.807, 2.05) is 24.3 Å². The van der Waals surface area contributed by atoms with Crippen LogP contribution in [0.4, 0.5) is 4.79 Å². The molecule has 2 aromatic carbocycles. The molecule has 0 saturated carbocycles. The third-order valence-electron chi connectivity index (χ3n) is 4.86. The molecule has 164 valence electrons. The van der Waals surface area contributed by atoms with E-state index in [9.17, 15) is 9.59 Å². The number of carbonyl (C=O) groups excluding carboxylic acids is 2. The zero-order valence-corrected chi connectivity index (χ0v) is 17.9. The molecule has 0 bridgehead atoms. The molecular formula is C24H27NO6. The van der Waals surface area contributed by atoms with E-state index in [-0.39, 0.29) is 26.4 Å². The summed E-state index contributed by atoms with van der Waals surface area (Å²) in [5.74, 6) is 0.930. The normalized spacial score (nSPS) is 12.2. The van der Waals surface area contributed by atoms with Gasteiger partial charge in [-0.2, -0.15) is 0 Å². The van der Waals surface area contributed by atoms with E-state index in [1.165, 1.54) is 0 Å². The van der Waals surface area contributed by atoms with Crippen LogP contribution in [0.15, 0.2) is 48.6 Å². The quantitative estimate of drug-likeness (QED) is 0.285. The van der Waals surface area contributed by atoms with Crippen molar-refractivity contribution in [1.29, 1.82) is 0 Å². The van der Waals surface area contributed by atoms with Gasteiger partial charge in [0.2, 0.25) is 0 Å². The van der Waals surface area contributed by atoms with E-state index in [1.54, 1.807) is 14.0 Å². The molecule has 2 aromatic rings. The monoisotopic (exact) mass is 425 g/mol. The fourth-order valence-corrected chi connectivity index (χ4v) is 3.43. The smallest absolute Gasteiger partial charge is 0.412 e. The standard InChI is InChI=1S/C24H27NO6/c1-16(2)23(26)30-15-14-29-13-12-25-24(27)31-22-19-10-6-4-8-17(19)21(28-3)18-9-5-7-11-20(18)22/h4-8,10H,1,9,11-15H2,2-3H3,(H,25,27). The highest BCUT2D eigenvalue weighted by Gasteiger charge is 2.23. The zero-order chi connectivity index (χ0) is 22.2. The number of allylic oxidation sites excluding steroid dienone is 2. The van der Waals surface area contributed by atoms with Gasteiger partial charge >= 0.3 is 12.1 Å². The lowest BCUT2D eigenvalue weighted by atomic mass is 9.91. The van der Waals surface area contributed by atoms with E-state index >= 15 is 0 Å². The minimum atomic E-state index is -0.551. The summed E-state index contributed by atoms with van der Waals surface area (Å²) >= 11 is 0. The van der Waals surface area contributed by atoms with E-state index in [4.69, 9.17) is 18.9 Å². The molecule has 0 radical (unpaired) electrons. The highest BCUT2D eigenvalue weighted by atomic mass is 16.6. The number of rotatable bonds is 9. The lowest BCUT2D eigenvalue weighted by Crippen LogP contribution is -2.31. The van der Waals surface area contributed by atoms with Gasteiger partial charge in [-0.25, -0.2) is 9.59 Å². The second-order valence-corrected chi connectivity index (χ2v) is 7.09. The molecule has 7 nitrogen and oxygen atoms in total. The summed E-state index contributed by atoms with van der Waals surface area (Å²) in [6.45, 7) is 5.99. The van der Waals surface area contributed by atoms with Gasteiger partial charge in [-0.1, -0.05) is 43.0 Å². The molecule has 1 amide bonds. The highest BCUT2D eigenvalue weighted by Crippen LogP contribution is 2.42. The number of hydrogen-bond acceptors (Lipinski definition) is 6. The van der Waals surface area contributed by atoms with Crippen molar-refractivity contribution in [3.63, 3.8) is 0 Å². The van der Waals surface area contributed by atoms with Crippen LogP contribution in [0.5, 0.6) is 11.5 Å². The number of nitrogens with one attached hydrogen (secondary N) is 1. The third-order valence-corrected chi connectivity index (χ3v) is 4.86. The first-order valence-electron chi connectivity index (χ1n) is 10.1. The predicted molar refractivity (Wildman–Crippen MR) is 118 cm³/mol. The van der Waals surface area contributed by atoms with Gasteiger partial charge in [0.1, 0.15) is 18.1 Å². The lowest BCUT2D eigenvalue weighted by Gasteiger charge is -2.22. The third kappa shape index (κ3) is 5.44. The van der Waals surface area contributed by atoms with Crippen molar-refractivity contribution in [3.05, 3.63) is 59.7 Å². The Balaban J connectivity index is 1.59. The largest absolute Gasteiger partial charge is 0.496 e. The van der Waals surface area contributed by atoms with Gasteiger partial charge in [0, 0.05) is 34.0 Å². The maximum atomic E-state index is 12.4. The average Bonchev–Trinajstić information content (AvgIpc) is 2.78. The van der Waals surface area contributed by atoms with Gasteiger partial charge in [0.25, 0.3) is 0 Å². The van der Waals surface area contributed by atoms with Crippen LogP contribution in [0.1, 0.15) is 18.1 Å². The maximum Gasteiger partial charge on any atom is 0.412 e. The number of carbonyl (C=O) groups is 2. The fourth-order valence-electron chi connectivity index (χ4n) is 3.43. The fraction of sp³-hybridized carbons (Fsp3) is 0.333. The molecule has 1 N–H and O–H groups in total. The molecule has 7 heteroatoms. The Kier molecular flexibility index (Phi) is 7.67. The van der Waals surface area contributed by atoms with Crippen LogP contribution in [0.3, 0.4) is 0 Å². The molecular weight excluding hydrogens is 398 g/mol. The number of ether oxygens (including phenoxy) is 4. The second-order valence-electron chi connectivity index (χ2n) is 7.09. The van der Waals surface area contributed by atoms with Gasteiger partial charge in [0.05, 0.1) is 20.3 Å². The van der Waals surface area contributed by atoms with Crippen LogP contribution in [0.25, 0.3) is 10.8 Å². The molecule has 1 aliphatic carbocycles. The van der Waals surface area contributed by atoms with Crippen LogP contribution in [0, 0.1) is 0 Å². The van der Waals surface area contributed by atoms with Crippen LogP contribution in [0.2, 0.25) is 0 Å². The highest BCUT2D eigenvalue weighted by molar-refractivity contribution is 5.97. The molecule has 0 aromatic heterocycles. The number of benzene rings is 2. The molecule has 0 atom stereocenters. The molecule has 0 unspecified atom stereocenters. The van der Waals surface area contributed by atoms with Gasteiger partial charge in [0.15, 0.2) is 0 Å². The lowest BCUT2D eigenvalue weighted by molar-refractivity contribution is -0.140. The van der Waals surface area contributed by atoms with Gasteiger partial charge < -0.3 is 24.3 Å². The Morgan fingerprint density at radius 2 is 1.65 bits per heavy atom. The van der Waals surface area contributed by atoms with Gasteiger partial charge in [-0.3, -0.25) is 0 Å². The van der Waals surface area contributed by atoms with E-state index in [0.717, 1.165) is 34.1 Å². The number of esters is 1. The molecule has 0 spiro atoms. The van der Waals surface area contributed by atoms with Crippen molar-refractivity contribution < 1.29 is 28.5 Å². The molecule has 0 heterocycles. The number of methoxy groups -OCH3 is 1. The summed E-state index contributed by atoms with van der Waals surface area (Å²) in [5, 5.41) is 4.44. The summed E-state index contributed by atoms with van der Waals surface area (Å²) in [6.07, 6.45) is 5.00. The molecule has 1 aliphatic rings. The molecule has 0 fully saturated rings. The zero-order valence-electron chi connectivity index (χ0n) is 17.9. The summed E-state index contributed by atoms with van der Waals surface area (Å²) < 4.78 is 21.7. The maximum absolute atomic E-state index is 12.4. The Bertz CT molecular complexity index is 1010. The van der Waals surface area contributed by atoms with Crippen LogP contribution >= 0.6 is 0 Å². The van der Waals surface area contributed by atoms with Crippen LogP contribution < -0.4 is 14.8 Å². The summed E-state index contributed by atoms with van der Waals surface area (Å²) in [6, 6.07) is 7.73. The van der Waals surface area contributed by atoms with E-state index in [0.29, 0.717) is 17.7 Å². The summed E-state index contributed by atoms with van der Waals surface area (Å²) in [4.78, 5) is 23.7. The van der Waals surface area contributed by atoms with Crippen molar-refractivity contribution >= 4 is 22.8 Å². The first kappa shape index (κ1) is 22.4. The number of fused-ring (bicyclic) bond motifs is 2. The van der Waals surface area contributed by atoms with Crippen molar-refractivity contribution in [3.8, 4) is 11.5 Å². The molecule has 0 saturated heterocycles. The van der Waals surface area contributed by atoms with Gasteiger partial charge in [-0.15, -0.1) is 0 Å². The van der Waals surface area contributed by atoms with Crippen molar-refractivity contribution in [2.45, 2.75) is 19.8 Å². The minimum absolute atomic E-state index is 0.133. The molecule has 0 aliphatic heterocycles. The Morgan fingerprint density at radius 3 is 2.29 bits per heavy atom. The van der Waals surface area contributed by atoms with Crippen LogP contribution in [-0.4, -0.2) is 45.5 Å². The van der Waals surface area contributed by atoms with Gasteiger partial charge in [-0.05, 0) is 19.8 Å². The van der Waals surface area contributed by atoms with E-state index in [2.05, 4.69) is 24.0 Å². The summed E-state index contributed by atoms with van der Waals surface area (Å²) in [7, 11) is 1.66. The second kappa shape index (κ2) is 10.6. The number of amides is 1. The first-order valence-corrected chi connectivity index (χ1v) is 10.1. The van der Waals surface area contributed by atoms with Crippen LogP contribution in [-0.2, 0) is 27.1 Å². The SMILES string of the molecule is C=C(C)C(=O)OCCOCCNC(=O)Oc1c2c(c(OC)c3ccccc13)CC=CC2.